The van der Waals surface area contributed by atoms with E-state index in [1.54, 1.807) is 0 Å². The Morgan fingerprint density at radius 2 is 1.68 bits per heavy atom. The molecule has 0 bridgehead atoms. The van der Waals surface area contributed by atoms with Crippen LogP contribution in [-0.4, -0.2) is 34.8 Å². The van der Waals surface area contributed by atoms with Crippen LogP contribution in [0.4, 0.5) is 11.6 Å². The lowest BCUT2D eigenvalue weighted by Crippen LogP contribution is -2.08. The molecule has 0 amide bonds. The van der Waals surface area contributed by atoms with Gasteiger partial charge in [0.25, 0.3) is 0 Å². The molecule has 5 nitrogen and oxygen atoms in total. The normalized spacial score (nSPS) is 10.5. The van der Waals surface area contributed by atoms with E-state index in [0.717, 1.165) is 62.7 Å². The molecule has 1 heterocycles. The van der Waals surface area contributed by atoms with E-state index in [1.165, 1.54) is 0 Å². The molecule has 19 heavy (non-hydrogen) atoms. The lowest BCUT2D eigenvalue weighted by atomic mass is 10.2. The van der Waals surface area contributed by atoms with Crippen molar-refractivity contribution in [1.82, 2.24) is 9.97 Å². The average molecular weight is 266 g/mol. The van der Waals surface area contributed by atoms with E-state index < -0.39 is 0 Å². The molecule has 3 N–H and O–H groups in total. The molecule has 1 rings (SSSR count). The van der Waals surface area contributed by atoms with E-state index >= 15 is 0 Å². The first-order valence-corrected chi connectivity index (χ1v) is 7.26. The number of anilines is 2. The number of unbranched alkanes of at least 4 members (excludes halogenated alkanes) is 3. The highest BCUT2D eigenvalue weighted by Crippen LogP contribution is 2.12. The molecular weight excluding hydrogens is 240 g/mol. The third-order valence-corrected chi connectivity index (χ3v) is 2.84. The first-order valence-electron chi connectivity index (χ1n) is 7.26. The monoisotopic (exact) mass is 266 g/mol. The first-order chi connectivity index (χ1) is 9.30. The molecule has 0 saturated carbocycles. The average Bonchev–Trinajstić information content (AvgIpc) is 2.43. The van der Waals surface area contributed by atoms with Crippen LogP contribution in [-0.2, 0) is 6.42 Å². The summed E-state index contributed by atoms with van der Waals surface area (Å²) in [5.41, 5.74) is 0. The van der Waals surface area contributed by atoms with Crippen molar-refractivity contribution in [3.63, 3.8) is 0 Å². The first kappa shape index (κ1) is 15.7. The Balaban J connectivity index is 2.41. The molecule has 0 fully saturated rings. The fourth-order valence-corrected chi connectivity index (χ4v) is 1.82. The zero-order valence-electron chi connectivity index (χ0n) is 12.1. The van der Waals surface area contributed by atoms with E-state index in [0.29, 0.717) is 6.61 Å². The highest BCUT2D eigenvalue weighted by atomic mass is 16.2. The summed E-state index contributed by atoms with van der Waals surface area (Å²) in [6.45, 7) is 6.19. The Labute approximate surface area is 115 Å². The zero-order valence-corrected chi connectivity index (χ0v) is 12.1. The lowest BCUT2D eigenvalue weighted by Gasteiger charge is -2.10. The van der Waals surface area contributed by atoms with Gasteiger partial charge in [0.15, 0.2) is 0 Å². The number of aliphatic hydroxyl groups is 1. The fraction of sp³-hybridized carbons (Fsp3) is 0.714. The summed E-state index contributed by atoms with van der Waals surface area (Å²) in [5, 5.41) is 15.3. The fourth-order valence-electron chi connectivity index (χ4n) is 1.82. The summed E-state index contributed by atoms with van der Waals surface area (Å²) in [4.78, 5) is 8.89. The smallest absolute Gasteiger partial charge is 0.132 e. The molecule has 0 aliphatic carbocycles. The Morgan fingerprint density at radius 3 is 2.32 bits per heavy atom. The van der Waals surface area contributed by atoms with Gasteiger partial charge in [0, 0.05) is 32.2 Å². The minimum absolute atomic E-state index is 0.297. The number of nitrogens with zero attached hydrogens (tertiary/aromatic N) is 2. The Kier molecular flexibility index (Phi) is 7.89. The molecule has 0 aromatic carbocycles. The minimum Gasteiger partial charge on any atom is -0.396 e. The van der Waals surface area contributed by atoms with Gasteiger partial charge in [0.2, 0.25) is 0 Å². The molecule has 0 aliphatic rings. The van der Waals surface area contributed by atoms with Crippen molar-refractivity contribution < 1.29 is 5.11 Å². The van der Waals surface area contributed by atoms with Gasteiger partial charge in [-0.05, 0) is 19.8 Å². The van der Waals surface area contributed by atoms with Gasteiger partial charge in [-0.25, -0.2) is 9.97 Å². The second-order valence-corrected chi connectivity index (χ2v) is 4.50. The quantitative estimate of drug-likeness (QED) is 0.567. The number of aromatic nitrogens is 2. The van der Waals surface area contributed by atoms with Gasteiger partial charge < -0.3 is 15.7 Å². The van der Waals surface area contributed by atoms with E-state index in [9.17, 15) is 0 Å². The van der Waals surface area contributed by atoms with Crippen LogP contribution in [0.5, 0.6) is 0 Å². The molecule has 5 heteroatoms. The number of aryl methyl sites for hydroxylation is 1. The molecule has 0 unspecified atom stereocenters. The van der Waals surface area contributed by atoms with Crippen molar-refractivity contribution in [3.05, 3.63) is 11.9 Å². The third-order valence-electron chi connectivity index (χ3n) is 2.84. The molecule has 0 saturated heterocycles. The van der Waals surface area contributed by atoms with Crippen molar-refractivity contribution in [2.45, 2.75) is 46.0 Å². The van der Waals surface area contributed by atoms with Crippen molar-refractivity contribution in [3.8, 4) is 0 Å². The highest BCUT2D eigenvalue weighted by Gasteiger charge is 2.02. The highest BCUT2D eigenvalue weighted by molar-refractivity contribution is 5.47. The second-order valence-electron chi connectivity index (χ2n) is 4.50. The molecule has 0 aliphatic heterocycles. The van der Waals surface area contributed by atoms with Crippen LogP contribution >= 0.6 is 0 Å². The predicted molar refractivity (Wildman–Crippen MR) is 79.6 cm³/mol. The van der Waals surface area contributed by atoms with Gasteiger partial charge in [0.05, 0.1) is 0 Å². The van der Waals surface area contributed by atoms with Crippen LogP contribution in [0.2, 0.25) is 0 Å². The summed E-state index contributed by atoms with van der Waals surface area (Å²) in [6.07, 6.45) is 5.06. The number of hydrogen-bond donors (Lipinski definition) is 3. The molecule has 0 spiro atoms. The summed E-state index contributed by atoms with van der Waals surface area (Å²) in [5.74, 6) is 2.64. The second kappa shape index (κ2) is 9.55. The number of hydrogen-bond acceptors (Lipinski definition) is 5. The molecule has 0 atom stereocenters. The van der Waals surface area contributed by atoms with Gasteiger partial charge in [0.1, 0.15) is 17.5 Å². The van der Waals surface area contributed by atoms with Crippen molar-refractivity contribution >= 4 is 11.6 Å². The van der Waals surface area contributed by atoms with Gasteiger partial charge in [-0.15, -0.1) is 0 Å². The van der Waals surface area contributed by atoms with Crippen LogP contribution in [0.25, 0.3) is 0 Å². The van der Waals surface area contributed by atoms with Gasteiger partial charge in [-0.2, -0.15) is 0 Å². The standard InChI is InChI=1S/C14H26N4O/c1-3-12-17-13(15-4-2)11-14(18-12)16-9-7-5-6-8-10-19/h11,19H,3-10H2,1-2H3,(H2,15,16,17,18). The van der Waals surface area contributed by atoms with E-state index in [1.807, 2.05) is 6.07 Å². The number of rotatable bonds is 10. The summed E-state index contributed by atoms with van der Waals surface area (Å²) in [6, 6.07) is 1.95. The van der Waals surface area contributed by atoms with E-state index in [2.05, 4.69) is 34.4 Å². The Morgan fingerprint density at radius 1 is 1.00 bits per heavy atom. The molecule has 1 aromatic heterocycles. The predicted octanol–water partition coefficient (Wildman–Crippen LogP) is 2.44. The van der Waals surface area contributed by atoms with Crippen molar-refractivity contribution in [1.29, 1.82) is 0 Å². The van der Waals surface area contributed by atoms with Crippen molar-refractivity contribution in [2.75, 3.05) is 30.3 Å². The zero-order chi connectivity index (χ0) is 13.9. The van der Waals surface area contributed by atoms with Gasteiger partial charge >= 0.3 is 0 Å². The third kappa shape index (κ3) is 6.38. The summed E-state index contributed by atoms with van der Waals surface area (Å²) in [7, 11) is 0. The number of aliphatic hydroxyl groups excluding tert-OH is 1. The van der Waals surface area contributed by atoms with E-state index in [-0.39, 0.29) is 0 Å². The number of nitrogens with one attached hydrogen (secondary N) is 2. The van der Waals surface area contributed by atoms with E-state index in [4.69, 9.17) is 5.11 Å². The Bertz CT molecular complexity index is 357. The maximum atomic E-state index is 8.70. The Hall–Kier alpha value is -1.36. The van der Waals surface area contributed by atoms with Crippen molar-refractivity contribution in [2.24, 2.45) is 0 Å². The molecule has 108 valence electrons. The van der Waals surface area contributed by atoms with Gasteiger partial charge in [-0.1, -0.05) is 19.8 Å². The van der Waals surface area contributed by atoms with Crippen LogP contribution in [0, 0.1) is 0 Å². The van der Waals surface area contributed by atoms with Gasteiger partial charge in [-0.3, -0.25) is 0 Å². The maximum Gasteiger partial charge on any atom is 0.132 e. The van der Waals surface area contributed by atoms with Crippen LogP contribution < -0.4 is 10.6 Å². The van der Waals surface area contributed by atoms with Crippen LogP contribution in [0.15, 0.2) is 6.07 Å². The SMILES string of the molecule is CCNc1cc(NCCCCCCO)nc(CC)n1. The largest absolute Gasteiger partial charge is 0.396 e. The molecular formula is C14H26N4O. The van der Waals surface area contributed by atoms with Crippen LogP contribution in [0.1, 0.15) is 45.4 Å². The lowest BCUT2D eigenvalue weighted by molar-refractivity contribution is 0.283. The molecule has 0 radical (unpaired) electrons. The topological polar surface area (TPSA) is 70.1 Å². The van der Waals surface area contributed by atoms with Crippen LogP contribution in [0.3, 0.4) is 0 Å². The molecule has 1 aromatic rings. The maximum absolute atomic E-state index is 8.70. The summed E-state index contributed by atoms with van der Waals surface area (Å²) < 4.78 is 0. The minimum atomic E-state index is 0.297. The summed E-state index contributed by atoms with van der Waals surface area (Å²) >= 11 is 0.